The number of hydrogen-bond donors (Lipinski definition) is 1. The van der Waals surface area contributed by atoms with Crippen molar-refractivity contribution >= 4 is 0 Å². The van der Waals surface area contributed by atoms with Crippen LogP contribution >= 0.6 is 0 Å². The molecule has 2 nitrogen and oxygen atoms in total. The lowest BCUT2D eigenvalue weighted by Gasteiger charge is -2.52. The third-order valence-corrected chi connectivity index (χ3v) is 5.35. The van der Waals surface area contributed by atoms with Crippen molar-refractivity contribution in [3.63, 3.8) is 0 Å². The van der Waals surface area contributed by atoms with Crippen LogP contribution in [0.25, 0.3) is 0 Å². The van der Waals surface area contributed by atoms with Gasteiger partial charge in [0.05, 0.1) is 6.10 Å². The molecule has 118 valence electrons. The highest BCUT2D eigenvalue weighted by atomic mass is 16.5. The Morgan fingerprint density at radius 3 is 2.38 bits per heavy atom. The van der Waals surface area contributed by atoms with E-state index in [0.29, 0.717) is 18.2 Å². The minimum atomic E-state index is 0.220. The van der Waals surface area contributed by atoms with Crippen LogP contribution in [0.15, 0.2) is 12.1 Å². The molecule has 3 atom stereocenters. The maximum absolute atomic E-state index is 5.83. The van der Waals surface area contributed by atoms with Gasteiger partial charge < -0.3 is 10.1 Å². The first-order chi connectivity index (χ1) is 9.77. The van der Waals surface area contributed by atoms with Gasteiger partial charge in [-0.15, -0.1) is 0 Å². The maximum Gasteiger partial charge on any atom is 0.0655 e. The zero-order chi connectivity index (χ0) is 15.8. The van der Waals surface area contributed by atoms with Crippen LogP contribution in [0.4, 0.5) is 0 Å². The van der Waals surface area contributed by atoms with Gasteiger partial charge in [-0.1, -0.05) is 26.0 Å². The summed E-state index contributed by atoms with van der Waals surface area (Å²) in [6.45, 7) is 16.4. The third-order valence-electron chi connectivity index (χ3n) is 5.35. The summed E-state index contributed by atoms with van der Waals surface area (Å²) in [6, 6.07) is 5.56. The minimum Gasteiger partial charge on any atom is -0.378 e. The van der Waals surface area contributed by atoms with Crippen LogP contribution in [0.5, 0.6) is 0 Å². The van der Waals surface area contributed by atoms with E-state index >= 15 is 0 Å². The molecular formula is C19H31NO. The summed E-state index contributed by atoms with van der Waals surface area (Å²) in [7, 11) is 0. The van der Waals surface area contributed by atoms with Crippen molar-refractivity contribution in [2.45, 2.75) is 73.1 Å². The van der Waals surface area contributed by atoms with Crippen LogP contribution in [-0.2, 0) is 4.74 Å². The van der Waals surface area contributed by atoms with Crippen molar-refractivity contribution in [1.29, 1.82) is 0 Å². The van der Waals surface area contributed by atoms with Gasteiger partial charge in [-0.25, -0.2) is 0 Å². The second kappa shape index (κ2) is 6.10. The molecule has 0 aromatic heterocycles. The Labute approximate surface area is 130 Å². The molecule has 3 unspecified atom stereocenters. The van der Waals surface area contributed by atoms with Crippen LogP contribution in [0, 0.1) is 26.2 Å². The number of rotatable bonds is 5. The van der Waals surface area contributed by atoms with Crippen molar-refractivity contribution < 1.29 is 4.74 Å². The van der Waals surface area contributed by atoms with E-state index in [0.717, 1.165) is 13.0 Å². The number of nitrogens with one attached hydrogen (secondary N) is 1. The number of ether oxygens (including phenoxy) is 1. The van der Waals surface area contributed by atoms with Gasteiger partial charge in [0.1, 0.15) is 0 Å². The van der Waals surface area contributed by atoms with Crippen molar-refractivity contribution in [3.8, 4) is 0 Å². The Kier molecular flexibility index (Phi) is 4.79. The fourth-order valence-corrected chi connectivity index (χ4v) is 3.49. The molecule has 0 aliphatic heterocycles. The maximum atomic E-state index is 5.83. The first-order valence-corrected chi connectivity index (χ1v) is 8.22. The molecule has 1 aliphatic rings. The van der Waals surface area contributed by atoms with E-state index in [4.69, 9.17) is 4.74 Å². The highest BCUT2D eigenvalue weighted by Crippen LogP contribution is 2.43. The average molecular weight is 289 g/mol. The molecule has 1 N–H and O–H groups in total. The highest BCUT2D eigenvalue weighted by Gasteiger charge is 2.49. The van der Waals surface area contributed by atoms with Crippen LogP contribution in [0.3, 0.4) is 0 Å². The zero-order valence-electron chi connectivity index (χ0n) is 14.7. The van der Waals surface area contributed by atoms with Gasteiger partial charge in [0.2, 0.25) is 0 Å². The topological polar surface area (TPSA) is 21.3 Å². The summed E-state index contributed by atoms with van der Waals surface area (Å²) >= 11 is 0. The molecule has 1 saturated carbocycles. The largest absolute Gasteiger partial charge is 0.378 e. The fourth-order valence-electron chi connectivity index (χ4n) is 3.49. The lowest BCUT2D eigenvalue weighted by atomic mass is 9.64. The lowest BCUT2D eigenvalue weighted by Crippen LogP contribution is -2.61. The standard InChI is InChI=1S/C19H31NO/c1-8-21-18-11-17(19(18,6)7)20-15(5)16-10-13(3)12(2)9-14(16)4/h9-10,15,17-18,20H,8,11H2,1-7H3. The van der Waals surface area contributed by atoms with Gasteiger partial charge in [0.25, 0.3) is 0 Å². The van der Waals surface area contributed by atoms with Crippen LogP contribution in [0.1, 0.15) is 62.4 Å². The van der Waals surface area contributed by atoms with Crippen molar-refractivity contribution in [3.05, 3.63) is 34.4 Å². The minimum absolute atomic E-state index is 0.220. The van der Waals surface area contributed by atoms with Crippen molar-refractivity contribution in [2.24, 2.45) is 5.41 Å². The molecular weight excluding hydrogens is 258 g/mol. The molecule has 1 fully saturated rings. The predicted octanol–water partition coefficient (Wildman–Crippen LogP) is 4.47. The van der Waals surface area contributed by atoms with Crippen molar-refractivity contribution in [2.75, 3.05) is 6.61 Å². The van der Waals surface area contributed by atoms with Gasteiger partial charge in [0.15, 0.2) is 0 Å². The molecule has 0 heterocycles. The summed E-state index contributed by atoms with van der Waals surface area (Å²) < 4.78 is 5.83. The summed E-state index contributed by atoms with van der Waals surface area (Å²) in [4.78, 5) is 0. The highest BCUT2D eigenvalue weighted by molar-refractivity contribution is 5.38. The van der Waals surface area contributed by atoms with E-state index in [-0.39, 0.29) is 5.41 Å². The molecule has 2 rings (SSSR count). The van der Waals surface area contributed by atoms with Gasteiger partial charge in [0, 0.05) is 24.1 Å². The molecule has 0 spiro atoms. The Morgan fingerprint density at radius 2 is 1.81 bits per heavy atom. The molecule has 0 radical (unpaired) electrons. The Balaban J connectivity index is 2.06. The molecule has 21 heavy (non-hydrogen) atoms. The summed E-state index contributed by atoms with van der Waals surface area (Å²) in [5.41, 5.74) is 5.79. The van der Waals surface area contributed by atoms with Gasteiger partial charge in [-0.05, 0) is 63.3 Å². The quantitative estimate of drug-likeness (QED) is 0.863. The SMILES string of the molecule is CCOC1CC(NC(C)c2cc(C)c(C)cc2C)C1(C)C. The first kappa shape index (κ1) is 16.5. The van der Waals surface area contributed by atoms with E-state index in [1.54, 1.807) is 0 Å². The average Bonchev–Trinajstić information content (AvgIpc) is 2.41. The van der Waals surface area contributed by atoms with Crippen molar-refractivity contribution in [1.82, 2.24) is 5.32 Å². The third kappa shape index (κ3) is 3.17. The second-order valence-electron chi connectivity index (χ2n) is 7.24. The normalized spacial score (nSPS) is 25.5. The summed E-state index contributed by atoms with van der Waals surface area (Å²) in [5.74, 6) is 0. The molecule has 0 amide bonds. The molecule has 1 aromatic rings. The van der Waals surface area contributed by atoms with Gasteiger partial charge in [-0.3, -0.25) is 0 Å². The van der Waals surface area contributed by atoms with Crippen LogP contribution in [0.2, 0.25) is 0 Å². The Hall–Kier alpha value is -0.860. The Bertz CT molecular complexity index is 507. The molecule has 1 aliphatic carbocycles. The van der Waals surface area contributed by atoms with Crippen LogP contribution in [-0.4, -0.2) is 18.8 Å². The second-order valence-corrected chi connectivity index (χ2v) is 7.24. The van der Waals surface area contributed by atoms with E-state index in [9.17, 15) is 0 Å². The van der Waals surface area contributed by atoms with E-state index in [2.05, 4.69) is 65.9 Å². The van der Waals surface area contributed by atoms with E-state index in [1.807, 2.05) is 0 Å². The number of hydrogen-bond acceptors (Lipinski definition) is 2. The smallest absolute Gasteiger partial charge is 0.0655 e. The first-order valence-electron chi connectivity index (χ1n) is 8.22. The van der Waals surface area contributed by atoms with E-state index < -0.39 is 0 Å². The summed E-state index contributed by atoms with van der Waals surface area (Å²) in [5, 5.41) is 3.82. The van der Waals surface area contributed by atoms with Gasteiger partial charge in [-0.2, -0.15) is 0 Å². The Morgan fingerprint density at radius 1 is 1.19 bits per heavy atom. The summed E-state index contributed by atoms with van der Waals surface area (Å²) in [6.07, 6.45) is 1.52. The monoisotopic (exact) mass is 289 g/mol. The van der Waals surface area contributed by atoms with Crippen LogP contribution < -0.4 is 5.32 Å². The predicted molar refractivity (Wildman–Crippen MR) is 89.8 cm³/mol. The lowest BCUT2D eigenvalue weighted by molar-refractivity contribution is -0.116. The molecule has 2 heteroatoms. The number of benzene rings is 1. The number of aryl methyl sites for hydroxylation is 3. The molecule has 0 saturated heterocycles. The van der Waals surface area contributed by atoms with Gasteiger partial charge >= 0.3 is 0 Å². The fraction of sp³-hybridized carbons (Fsp3) is 0.684. The van der Waals surface area contributed by atoms with E-state index in [1.165, 1.54) is 22.3 Å². The zero-order valence-corrected chi connectivity index (χ0v) is 14.7. The molecule has 0 bridgehead atoms. The molecule has 1 aromatic carbocycles.